The predicted octanol–water partition coefficient (Wildman–Crippen LogP) is 6.59. The number of hydrogen-bond donors (Lipinski definition) is 2. The number of fused-ring (bicyclic) bond motifs is 10. The minimum atomic E-state index is -0.529. The fraction of sp³-hybridized carbons (Fsp3) is 0.282. The first-order valence-corrected chi connectivity index (χ1v) is 19.1. The number of hydrogen-bond acceptors (Lipinski definition) is 10. The number of nitrogens with one attached hydrogen (secondary N) is 2. The molecule has 2 N–H and O–H groups in total. The largest absolute Gasteiger partial charge is 0.490 e. The molecule has 7 atom stereocenters. The molecule has 9 rings (SSSR count). The van der Waals surface area contributed by atoms with Gasteiger partial charge in [0.15, 0.2) is 18.1 Å². The number of aromatic amines is 1. The molecule has 0 radical (unpaired) electrons. The van der Waals surface area contributed by atoms with Gasteiger partial charge in [-0.1, -0.05) is 53.8 Å². The fourth-order valence-corrected chi connectivity index (χ4v) is 12.0. The van der Waals surface area contributed by atoms with E-state index < -0.39 is 16.8 Å². The lowest BCUT2D eigenvalue weighted by atomic mass is 9.68. The summed E-state index contributed by atoms with van der Waals surface area (Å²) in [4.78, 5) is 69.6. The number of H-pyrrole nitrogens is 1. The number of thiazole rings is 1. The number of thioether (sulfide) groups is 1. The Balaban J connectivity index is 1.00. The molecule has 2 saturated carbocycles. The van der Waals surface area contributed by atoms with Gasteiger partial charge in [-0.25, -0.2) is 0 Å². The van der Waals surface area contributed by atoms with Crippen molar-refractivity contribution in [3.8, 4) is 11.5 Å². The van der Waals surface area contributed by atoms with E-state index in [1.54, 1.807) is 17.8 Å². The average molecular weight is 749 g/mol. The Kier molecular flexibility index (Phi) is 8.11. The highest BCUT2D eigenvalue weighted by Gasteiger charge is 2.69. The highest BCUT2D eigenvalue weighted by atomic mass is 32.2. The molecule has 0 unspecified atom stereocenters. The van der Waals surface area contributed by atoms with Crippen molar-refractivity contribution in [3.05, 3.63) is 115 Å². The van der Waals surface area contributed by atoms with Crippen molar-refractivity contribution < 1.29 is 28.8 Å². The first-order chi connectivity index (χ1) is 25.7. The number of amides is 3. The zero-order chi connectivity index (χ0) is 36.5. The Morgan fingerprint density at radius 3 is 2.47 bits per heavy atom. The van der Waals surface area contributed by atoms with Gasteiger partial charge in [0.25, 0.3) is 11.6 Å². The van der Waals surface area contributed by atoms with Gasteiger partial charge in [0.2, 0.25) is 11.8 Å². The topological polar surface area (TPSA) is 161 Å². The highest BCUT2D eigenvalue weighted by molar-refractivity contribution is 8.00. The van der Waals surface area contributed by atoms with Gasteiger partial charge < -0.3 is 19.8 Å². The number of ether oxygens (including phenoxy) is 2. The standard InChI is InChI=1S/C39H32N4O8S2/c1-2-50-28-16-20(10-15-27(28)51-18-29(44)40-26-9-5-7-19-6-3-4-8-23(19)26)30-31-24-17-25(34(31)52-36-35(30)53-39(47)41-36)33-32(24)37(45)42(38(33)46)21-11-13-22(14-12-21)43(48)49/h3-16,24-25,30-34H,2,17-18H2,1H3,(H,40,44)(H,41,47)/t24-,25-,30+,31-,32+,33+,34-/m1/s1. The quantitative estimate of drug-likeness (QED) is 0.0963. The minimum Gasteiger partial charge on any atom is -0.490 e. The van der Waals surface area contributed by atoms with E-state index in [0.717, 1.165) is 37.6 Å². The number of carbonyl (C=O) groups excluding carboxylic acids is 3. The van der Waals surface area contributed by atoms with E-state index in [9.17, 15) is 29.3 Å². The van der Waals surface area contributed by atoms with Crippen LogP contribution in [0.1, 0.15) is 29.7 Å². The molecule has 0 spiro atoms. The SMILES string of the molecule is CCOc1cc([C@@H]2c3sc(=O)[nH]c3S[C@@H]3[C@@H]4C[C@@H]([C@@H]5C(=O)N(c6ccc([N+](=O)[O-])cc6)C(=O)[C@@H]45)[C@H]23)ccc1OCC(=O)Nc1cccc2ccccc12. The maximum Gasteiger partial charge on any atom is 0.305 e. The maximum absolute atomic E-state index is 14.1. The van der Waals surface area contributed by atoms with Crippen LogP contribution >= 0.6 is 23.1 Å². The molecule has 3 fully saturated rings. The van der Waals surface area contributed by atoms with Crippen LogP contribution in [0.25, 0.3) is 10.8 Å². The number of anilines is 2. The van der Waals surface area contributed by atoms with E-state index in [1.807, 2.05) is 61.5 Å². The molecule has 1 aromatic heterocycles. The molecule has 12 nitrogen and oxygen atoms in total. The molecule has 3 amide bonds. The molecule has 4 aliphatic rings. The maximum atomic E-state index is 14.1. The van der Waals surface area contributed by atoms with Crippen LogP contribution in [-0.2, 0) is 14.4 Å². The highest BCUT2D eigenvalue weighted by Crippen LogP contribution is 2.69. The van der Waals surface area contributed by atoms with Gasteiger partial charge >= 0.3 is 4.87 Å². The Hall–Kier alpha value is -5.47. The monoisotopic (exact) mass is 748 g/mol. The summed E-state index contributed by atoms with van der Waals surface area (Å²) in [5, 5.41) is 16.9. The summed E-state index contributed by atoms with van der Waals surface area (Å²) in [5.74, 6) is -1.57. The first kappa shape index (κ1) is 33.4. The Morgan fingerprint density at radius 1 is 0.943 bits per heavy atom. The van der Waals surface area contributed by atoms with Crippen molar-refractivity contribution in [2.75, 3.05) is 23.4 Å². The lowest BCUT2D eigenvalue weighted by Crippen LogP contribution is -2.42. The number of carbonyl (C=O) groups is 3. The van der Waals surface area contributed by atoms with Gasteiger partial charge in [-0.3, -0.25) is 34.2 Å². The molecule has 5 aromatic rings. The molecule has 4 aromatic carbocycles. The summed E-state index contributed by atoms with van der Waals surface area (Å²) >= 11 is 2.75. The van der Waals surface area contributed by atoms with Crippen LogP contribution in [0.3, 0.4) is 0 Å². The van der Waals surface area contributed by atoms with E-state index in [-0.39, 0.29) is 63.8 Å². The number of benzene rings is 4. The van der Waals surface area contributed by atoms with Crippen LogP contribution in [0.5, 0.6) is 11.5 Å². The van der Waals surface area contributed by atoms with Crippen molar-refractivity contribution in [3.63, 3.8) is 0 Å². The number of aromatic nitrogens is 1. The molecule has 268 valence electrons. The van der Waals surface area contributed by atoms with E-state index in [1.165, 1.54) is 29.2 Å². The number of non-ortho nitro benzene ring substituents is 1. The molecule has 53 heavy (non-hydrogen) atoms. The number of rotatable bonds is 9. The van der Waals surface area contributed by atoms with Gasteiger partial charge in [-0.05, 0) is 72.4 Å². The predicted molar refractivity (Wildman–Crippen MR) is 200 cm³/mol. The Bertz CT molecular complexity index is 2390. The summed E-state index contributed by atoms with van der Waals surface area (Å²) in [6, 6.07) is 24.7. The smallest absolute Gasteiger partial charge is 0.305 e. The van der Waals surface area contributed by atoms with Crippen LogP contribution in [-0.4, -0.2) is 46.1 Å². The van der Waals surface area contributed by atoms with Gasteiger partial charge in [0, 0.05) is 39.3 Å². The van der Waals surface area contributed by atoms with E-state index in [2.05, 4.69) is 10.3 Å². The van der Waals surface area contributed by atoms with Crippen LogP contribution in [0.2, 0.25) is 0 Å². The third-order valence-corrected chi connectivity index (χ3v) is 13.7. The second kappa shape index (κ2) is 12.9. The number of imide groups is 1. The van der Waals surface area contributed by atoms with E-state index in [4.69, 9.17) is 9.47 Å². The molecular formula is C39H32N4O8S2. The van der Waals surface area contributed by atoms with Crippen LogP contribution in [0, 0.1) is 39.7 Å². The van der Waals surface area contributed by atoms with Crippen molar-refractivity contribution in [2.24, 2.45) is 29.6 Å². The summed E-state index contributed by atoms with van der Waals surface area (Å²) in [6.45, 7) is 1.97. The van der Waals surface area contributed by atoms with E-state index in [0.29, 0.717) is 35.9 Å². The second-order valence-electron chi connectivity index (χ2n) is 13.7. The molecule has 1 saturated heterocycles. The van der Waals surface area contributed by atoms with Crippen molar-refractivity contribution in [1.29, 1.82) is 0 Å². The normalized spacial score (nSPS) is 25.2. The lowest BCUT2D eigenvalue weighted by molar-refractivity contribution is -0.384. The van der Waals surface area contributed by atoms with Crippen LogP contribution < -0.4 is 24.6 Å². The molecular weight excluding hydrogens is 717 g/mol. The Labute approximate surface area is 310 Å². The zero-order valence-electron chi connectivity index (χ0n) is 28.2. The van der Waals surface area contributed by atoms with Crippen molar-refractivity contribution >= 4 is 68.7 Å². The summed E-state index contributed by atoms with van der Waals surface area (Å²) in [7, 11) is 0. The molecule has 14 heteroatoms. The molecule has 3 heterocycles. The fourth-order valence-electron chi connectivity index (χ4n) is 9.14. The minimum absolute atomic E-state index is 0.0261. The third-order valence-electron chi connectivity index (χ3n) is 11.1. The summed E-state index contributed by atoms with van der Waals surface area (Å²) < 4.78 is 12.1. The number of nitro benzene ring substituents is 1. The summed E-state index contributed by atoms with van der Waals surface area (Å²) in [5.41, 5.74) is 1.79. The molecule has 2 aliphatic heterocycles. The average Bonchev–Trinajstić information content (AvgIpc) is 3.90. The summed E-state index contributed by atoms with van der Waals surface area (Å²) in [6.07, 6.45) is 0.713. The number of nitrogens with zero attached hydrogens (tertiary/aromatic N) is 2. The third kappa shape index (κ3) is 5.42. The number of nitro groups is 1. The van der Waals surface area contributed by atoms with Crippen molar-refractivity contribution in [2.45, 2.75) is 29.5 Å². The van der Waals surface area contributed by atoms with Crippen LogP contribution in [0.15, 0.2) is 94.7 Å². The zero-order valence-corrected chi connectivity index (χ0v) is 29.9. The van der Waals surface area contributed by atoms with Gasteiger partial charge in [0.05, 0.1) is 34.1 Å². The molecule has 2 bridgehead atoms. The Morgan fingerprint density at radius 2 is 1.70 bits per heavy atom. The second-order valence-corrected chi connectivity index (χ2v) is 16.0. The lowest BCUT2D eigenvalue weighted by Gasteiger charge is -2.43. The van der Waals surface area contributed by atoms with Gasteiger partial charge in [-0.15, -0.1) is 11.8 Å². The van der Waals surface area contributed by atoms with Crippen molar-refractivity contribution in [1.82, 2.24) is 4.98 Å². The van der Waals surface area contributed by atoms with Gasteiger partial charge in [-0.2, -0.15) is 0 Å². The van der Waals surface area contributed by atoms with E-state index >= 15 is 0 Å². The van der Waals surface area contributed by atoms with Crippen LogP contribution in [0.4, 0.5) is 17.1 Å². The first-order valence-electron chi connectivity index (χ1n) is 17.4. The molecule has 2 aliphatic carbocycles. The van der Waals surface area contributed by atoms with Gasteiger partial charge in [0.1, 0.15) is 0 Å².